The third kappa shape index (κ3) is 6.56. The Morgan fingerprint density at radius 3 is 2.80 bits per heavy atom. The van der Waals surface area contributed by atoms with E-state index in [1.54, 1.807) is 7.11 Å². The molecule has 1 atom stereocenters. The third-order valence-corrected chi connectivity index (χ3v) is 6.08. The van der Waals surface area contributed by atoms with Crippen LogP contribution in [0.1, 0.15) is 31.2 Å². The standard InChI is InChI=1S/C24H39N5O/c1-5-29-14-12-25-24(29)20-28(16-15-26(2)3)18-21-9-8-13-27(17-21)19-22-10-6-7-11-23(22)30-4/h6-7,10-12,14,21H,5,8-9,13,15-20H2,1-4H3/t21-/m0/s1. The number of methoxy groups -OCH3 is 1. The van der Waals surface area contributed by atoms with Crippen LogP contribution in [0.2, 0.25) is 0 Å². The Morgan fingerprint density at radius 2 is 2.03 bits per heavy atom. The van der Waals surface area contributed by atoms with E-state index < -0.39 is 0 Å². The molecule has 3 rings (SSSR count). The van der Waals surface area contributed by atoms with Crippen LogP contribution in [0.4, 0.5) is 0 Å². The molecule has 0 bridgehead atoms. The second-order valence-corrected chi connectivity index (χ2v) is 8.72. The van der Waals surface area contributed by atoms with Gasteiger partial charge in [0.1, 0.15) is 11.6 Å². The van der Waals surface area contributed by atoms with Crippen molar-refractivity contribution in [3.05, 3.63) is 48.0 Å². The molecule has 0 saturated carbocycles. The Kier molecular flexibility index (Phi) is 8.73. The zero-order chi connectivity index (χ0) is 21.3. The van der Waals surface area contributed by atoms with Crippen LogP contribution < -0.4 is 4.74 Å². The Bertz CT molecular complexity index is 760. The van der Waals surface area contributed by atoms with Gasteiger partial charge in [-0.2, -0.15) is 0 Å². The minimum Gasteiger partial charge on any atom is -0.496 e. The SMILES string of the molecule is CCn1ccnc1CN(CCN(C)C)C[C@H]1CCCN(Cc2ccccc2OC)C1. The van der Waals surface area contributed by atoms with Crippen LogP contribution in [-0.2, 0) is 19.6 Å². The van der Waals surface area contributed by atoms with Gasteiger partial charge in [0.15, 0.2) is 0 Å². The molecule has 166 valence electrons. The van der Waals surface area contributed by atoms with Crippen molar-refractivity contribution >= 4 is 0 Å². The second-order valence-electron chi connectivity index (χ2n) is 8.72. The van der Waals surface area contributed by atoms with Crippen molar-refractivity contribution in [2.24, 2.45) is 5.92 Å². The molecule has 1 aromatic carbocycles. The maximum Gasteiger partial charge on any atom is 0.123 e. The quantitative estimate of drug-likeness (QED) is 0.566. The van der Waals surface area contributed by atoms with E-state index in [9.17, 15) is 0 Å². The molecule has 0 radical (unpaired) electrons. The van der Waals surface area contributed by atoms with Gasteiger partial charge in [0.05, 0.1) is 13.7 Å². The van der Waals surface area contributed by atoms with E-state index in [0.717, 1.165) is 51.6 Å². The second kappa shape index (κ2) is 11.5. The molecule has 30 heavy (non-hydrogen) atoms. The molecule has 1 aromatic heterocycles. The number of hydrogen-bond donors (Lipinski definition) is 0. The number of aryl methyl sites for hydroxylation is 1. The molecule has 1 aliphatic heterocycles. The highest BCUT2D eigenvalue weighted by Gasteiger charge is 2.23. The summed E-state index contributed by atoms with van der Waals surface area (Å²) in [6, 6.07) is 8.41. The Labute approximate surface area is 182 Å². The van der Waals surface area contributed by atoms with Crippen molar-refractivity contribution in [1.82, 2.24) is 24.3 Å². The molecule has 6 nitrogen and oxygen atoms in total. The topological polar surface area (TPSA) is 36.8 Å². The number of rotatable bonds is 11. The van der Waals surface area contributed by atoms with Crippen molar-refractivity contribution in [2.45, 2.75) is 39.4 Å². The summed E-state index contributed by atoms with van der Waals surface area (Å²) in [7, 11) is 6.07. The third-order valence-electron chi connectivity index (χ3n) is 6.08. The van der Waals surface area contributed by atoms with Gasteiger partial charge in [0.2, 0.25) is 0 Å². The molecular weight excluding hydrogens is 374 g/mol. The van der Waals surface area contributed by atoms with Crippen LogP contribution in [0.25, 0.3) is 0 Å². The fraction of sp³-hybridized carbons (Fsp3) is 0.625. The fourth-order valence-electron chi connectivity index (χ4n) is 4.44. The fourth-order valence-corrected chi connectivity index (χ4v) is 4.44. The lowest BCUT2D eigenvalue weighted by atomic mass is 9.96. The minimum atomic E-state index is 0.695. The Balaban J connectivity index is 1.61. The number of nitrogens with zero attached hydrogens (tertiary/aromatic N) is 5. The molecule has 1 aliphatic rings. The molecule has 1 fully saturated rings. The number of piperidine rings is 1. The van der Waals surface area contributed by atoms with E-state index in [1.807, 2.05) is 12.3 Å². The summed E-state index contributed by atoms with van der Waals surface area (Å²) in [5.41, 5.74) is 1.29. The highest BCUT2D eigenvalue weighted by atomic mass is 16.5. The summed E-state index contributed by atoms with van der Waals surface area (Å²) in [5, 5.41) is 0. The lowest BCUT2D eigenvalue weighted by Gasteiger charge is -2.36. The molecule has 0 amide bonds. The van der Waals surface area contributed by atoms with Gasteiger partial charge in [-0.15, -0.1) is 0 Å². The predicted molar refractivity (Wildman–Crippen MR) is 123 cm³/mol. The van der Waals surface area contributed by atoms with Gasteiger partial charge >= 0.3 is 0 Å². The highest BCUT2D eigenvalue weighted by Crippen LogP contribution is 2.24. The summed E-state index contributed by atoms with van der Waals surface area (Å²) in [5.74, 6) is 2.87. The van der Waals surface area contributed by atoms with Crippen LogP contribution in [0.3, 0.4) is 0 Å². The van der Waals surface area contributed by atoms with E-state index in [0.29, 0.717) is 5.92 Å². The Morgan fingerprint density at radius 1 is 1.20 bits per heavy atom. The van der Waals surface area contributed by atoms with Crippen molar-refractivity contribution in [2.75, 3.05) is 53.9 Å². The summed E-state index contributed by atoms with van der Waals surface area (Å²) in [6.45, 7) is 10.7. The van der Waals surface area contributed by atoms with E-state index in [4.69, 9.17) is 4.74 Å². The number of ether oxygens (including phenoxy) is 1. The van der Waals surface area contributed by atoms with Gasteiger partial charge in [0.25, 0.3) is 0 Å². The van der Waals surface area contributed by atoms with Crippen molar-refractivity contribution in [3.63, 3.8) is 0 Å². The smallest absolute Gasteiger partial charge is 0.123 e. The lowest BCUT2D eigenvalue weighted by molar-refractivity contribution is 0.118. The maximum absolute atomic E-state index is 5.56. The van der Waals surface area contributed by atoms with E-state index >= 15 is 0 Å². The molecule has 1 saturated heterocycles. The van der Waals surface area contributed by atoms with Crippen molar-refractivity contribution in [1.29, 1.82) is 0 Å². The number of aromatic nitrogens is 2. The van der Waals surface area contributed by atoms with E-state index in [-0.39, 0.29) is 0 Å². The molecule has 0 spiro atoms. The molecule has 0 N–H and O–H groups in total. The summed E-state index contributed by atoms with van der Waals surface area (Å²) >= 11 is 0. The first-order valence-electron chi connectivity index (χ1n) is 11.3. The average molecular weight is 414 g/mol. The highest BCUT2D eigenvalue weighted by molar-refractivity contribution is 5.33. The van der Waals surface area contributed by atoms with Gasteiger partial charge in [0, 0.05) is 57.2 Å². The number of para-hydroxylation sites is 1. The van der Waals surface area contributed by atoms with Crippen LogP contribution in [-0.4, -0.2) is 78.2 Å². The molecular formula is C24H39N5O. The minimum absolute atomic E-state index is 0.695. The molecule has 0 unspecified atom stereocenters. The van der Waals surface area contributed by atoms with Crippen molar-refractivity contribution in [3.8, 4) is 5.75 Å². The van der Waals surface area contributed by atoms with Gasteiger partial charge in [-0.3, -0.25) is 9.80 Å². The van der Waals surface area contributed by atoms with Crippen LogP contribution in [0.15, 0.2) is 36.7 Å². The Hall–Kier alpha value is -1.89. The average Bonchev–Trinajstić information content (AvgIpc) is 3.20. The number of imidazole rings is 1. The summed E-state index contributed by atoms with van der Waals surface area (Å²) < 4.78 is 7.83. The predicted octanol–water partition coefficient (Wildman–Crippen LogP) is 3.19. The van der Waals surface area contributed by atoms with E-state index in [1.165, 1.54) is 30.8 Å². The van der Waals surface area contributed by atoms with E-state index in [2.05, 4.69) is 69.7 Å². The van der Waals surface area contributed by atoms with Gasteiger partial charge in [-0.1, -0.05) is 18.2 Å². The first kappa shape index (κ1) is 22.8. The summed E-state index contributed by atoms with van der Waals surface area (Å²) in [4.78, 5) is 12.1. The largest absolute Gasteiger partial charge is 0.496 e. The van der Waals surface area contributed by atoms with Crippen LogP contribution in [0, 0.1) is 5.92 Å². The van der Waals surface area contributed by atoms with Gasteiger partial charge in [-0.25, -0.2) is 4.98 Å². The molecule has 2 heterocycles. The zero-order valence-electron chi connectivity index (χ0n) is 19.3. The van der Waals surface area contributed by atoms with Crippen molar-refractivity contribution < 1.29 is 4.74 Å². The zero-order valence-corrected chi connectivity index (χ0v) is 19.3. The number of likely N-dealkylation sites (tertiary alicyclic amines) is 1. The first-order chi connectivity index (χ1) is 14.6. The lowest BCUT2D eigenvalue weighted by Crippen LogP contribution is -2.42. The van der Waals surface area contributed by atoms with Gasteiger partial charge in [-0.05, 0) is 52.4 Å². The number of likely N-dealkylation sites (N-methyl/N-ethyl adjacent to an activating group) is 1. The van der Waals surface area contributed by atoms with Crippen LogP contribution >= 0.6 is 0 Å². The maximum atomic E-state index is 5.56. The molecule has 2 aromatic rings. The monoisotopic (exact) mass is 413 g/mol. The first-order valence-corrected chi connectivity index (χ1v) is 11.3. The van der Waals surface area contributed by atoms with Crippen LogP contribution in [0.5, 0.6) is 5.75 Å². The molecule has 6 heteroatoms. The van der Waals surface area contributed by atoms with Gasteiger partial charge < -0.3 is 14.2 Å². The summed E-state index contributed by atoms with van der Waals surface area (Å²) in [6.07, 6.45) is 6.60. The normalized spacial score (nSPS) is 17.7. The molecule has 0 aliphatic carbocycles. The number of benzene rings is 1. The number of hydrogen-bond acceptors (Lipinski definition) is 5.